The number of H-pyrrole nitrogens is 1. The molecule has 16 heteroatoms. The lowest BCUT2D eigenvalue weighted by atomic mass is 10.1. The lowest BCUT2D eigenvalue weighted by Gasteiger charge is -2.06. The summed E-state index contributed by atoms with van der Waals surface area (Å²) in [6, 6.07) is 16.2. The van der Waals surface area contributed by atoms with Gasteiger partial charge in [0.25, 0.3) is 11.1 Å². The van der Waals surface area contributed by atoms with Crippen LogP contribution < -0.4 is 11.1 Å². The first-order valence-electron chi connectivity index (χ1n) is 17.9. The summed E-state index contributed by atoms with van der Waals surface area (Å²) in [7, 11) is 1.70. The van der Waals surface area contributed by atoms with E-state index in [-0.39, 0.29) is 11.1 Å². The zero-order valence-electron chi connectivity index (χ0n) is 29.3. The molecule has 0 amide bonds. The average molecular weight is 731 g/mol. The SMILES string of the molecule is Cn1cnc2ccc(-c3c(-c4ccn(C5CC5)n4)nc4occn34)cc2c1=O.O=c1[nH]cnc2ccc(-c3c(-c4ccn(C5CC5)n4)nc4occn34)cc12. The third kappa shape index (κ3) is 5.20. The Morgan fingerprint density at radius 3 is 1.78 bits per heavy atom. The summed E-state index contributed by atoms with van der Waals surface area (Å²) in [5.41, 5.74) is 7.50. The molecule has 2 fully saturated rings. The van der Waals surface area contributed by atoms with Crippen molar-refractivity contribution in [3.8, 4) is 45.3 Å². The van der Waals surface area contributed by atoms with Crippen LogP contribution >= 0.6 is 0 Å². The Labute approximate surface area is 309 Å². The van der Waals surface area contributed by atoms with Crippen LogP contribution in [0.5, 0.6) is 0 Å². The maximum Gasteiger partial charge on any atom is 0.306 e. The number of hydrogen-bond acceptors (Lipinski definition) is 10. The summed E-state index contributed by atoms with van der Waals surface area (Å²) in [6.07, 6.45) is 18.4. The Morgan fingerprint density at radius 1 is 0.673 bits per heavy atom. The number of nitrogens with zero attached hydrogens (tertiary/aromatic N) is 11. The molecule has 0 atom stereocenters. The van der Waals surface area contributed by atoms with Crippen molar-refractivity contribution >= 4 is 33.5 Å². The molecule has 16 nitrogen and oxygen atoms in total. The van der Waals surface area contributed by atoms with Crippen LogP contribution in [0.3, 0.4) is 0 Å². The van der Waals surface area contributed by atoms with E-state index in [1.165, 1.54) is 42.9 Å². The van der Waals surface area contributed by atoms with Crippen molar-refractivity contribution in [2.45, 2.75) is 37.8 Å². The number of nitrogens with one attached hydrogen (secondary N) is 1. The number of rotatable bonds is 6. The van der Waals surface area contributed by atoms with E-state index < -0.39 is 0 Å². The highest BCUT2D eigenvalue weighted by Crippen LogP contribution is 2.39. The van der Waals surface area contributed by atoms with Crippen molar-refractivity contribution in [3.63, 3.8) is 0 Å². The zero-order valence-corrected chi connectivity index (χ0v) is 29.3. The molecule has 8 heterocycles. The fraction of sp³-hybridized carbons (Fsp3) is 0.179. The van der Waals surface area contributed by atoms with Gasteiger partial charge >= 0.3 is 11.7 Å². The molecule has 2 aliphatic carbocycles. The maximum atomic E-state index is 12.6. The highest BCUT2D eigenvalue weighted by Gasteiger charge is 2.28. The van der Waals surface area contributed by atoms with Gasteiger partial charge in [-0.3, -0.25) is 27.8 Å². The third-order valence-corrected chi connectivity index (χ3v) is 10.2. The van der Waals surface area contributed by atoms with Crippen LogP contribution in [0.25, 0.3) is 78.8 Å². The molecule has 1 N–H and O–H groups in total. The predicted octanol–water partition coefficient (Wildman–Crippen LogP) is 6.07. The van der Waals surface area contributed by atoms with E-state index in [0.29, 0.717) is 45.6 Å². The molecule has 10 aromatic rings. The normalized spacial score (nSPS) is 14.3. The van der Waals surface area contributed by atoms with E-state index in [2.05, 4.69) is 24.9 Å². The van der Waals surface area contributed by atoms with E-state index >= 15 is 0 Å². The van der Waals surface area contributed by atoms with Gasteiger partial charge in [0.05, 0.1) is 57.9 Å². The smallest absolute Gasteiger partial charge is 0.306 e. The molecule has 0 aliphatic heterocycles. The number of benzene rings is 2. The van der Waals surface area contributed by atoms with Gasteiger partial charge in [0.1, 0.15) is 35.3 Å². The number of hydrogen-bond donors (Lipinski definition) is 1. The van der Waals surface area contributed by atoms with Gasteiger partial charge < -0.3 is 18.4 Å². The molecular formula is C39H30N12O4. The van der Waals surface area contributed by atoms with Crippen molar-refractivity contribution in [2.24, 2.45) is 7.05 Å². The summed E-state index contributed by atoms with van der Waals surface area (Å²) in [4.78, 5) is 45.2. The molecule has 2 saturated carbocycles. The van der Waals surface area contributed by atoms with Gasteiger partial charge in [-0.25, -0.2) is 9.97 Å². The van der Waals surface area contributed by atoms with Gasteiger partial charge in [-0.1, -0.05) is 12.1 Å². The summed E-state index contributed by atoms with van der Waals surface area (Å²) < 4.78 is 20.2. The molecule has 12 rings (SSSR count). The van der Waals surface area contributed by atoms with Crippen LogP contribution in [0.2, 0.25) is 0 Å². The van der Waals surface area contributed by atoms with Crippen molar-refractivity contribution in [1.82, 2.24) is 57.8 Å². The number of oxazole rings is 2. The number of imidazole rings is 2. The average Bonchev–Trinajstić information content (AvgIpc) is 3.76. The van der Waals surface area contributed by atoms with Gasteiger partial charge in [0.2, 0.25) is 0 Å². The van der Waals surface area contributed by atoms with Gasteiger partial charge in [-0.15, -0.1) is 0 Å². The van der Waals surface area contributed by atoms with E-state index in [4.69, 9.17) is 19.0 Å². The highest BCUT2D eigenvalue weighted by molar-refractivity contribution is 5.88. The first-order chi connectivity index (χ1) is 27.0. The van der Waals surface area contributed by atoms with Gasteiger partial charge in [0.15, 0.2) is 0 Å². The number of aryl methyl sites for hydroxylation is 1. The largest absolute Gasteiger partial charge is 0.432 e. The molecule has 0 saturated heterocycles. The molecule has 0 radical (unpaired) electrons. The van der Waals surface area contributed by atoms with E-state index in [0.717, 1.165) is 45.3 Å². The summed E-state index contributed by atoms with van der Waals surface area (Å²) >= 11 is 0. The summed E-state index contributed by atoms with van der Waals surface area (Å²) in [6.45, 7) is 0. The Balaban J connectivity index is 0.000000128. The standard InChI is InChI=1S/C20H16N6O2.C19H14N6O2/c1-24-11-21-15-5-2-12(10-14(15)19(24)27)18-17(22-20-25(18)8-9-28-20)16-6-7-26(23-16)13-3-4-13;26-18-13-9-11(1-4-14(13)20-10-21-18)17-16(22-19-24(17)7-8-27-19)15-5-6-25(23-15)12-2-3-12/h2,5-11,13H,3-4H2,1H3;1,4-10,12H,2-3H2,(H,20,21,26). The quantitative estimate of drug-likeness (QED) is 0.211. The van der Waals surface area contributed by atoms with Crippen LogP contribution in [0.1, 0.15) is 37.8 Å². The maximum absolute atomic E-state index is 12.6. The van der Waals surface area contributed by atoms with Crippen molar-refractivity contribution < 1.29 is 8.83 Å². The number of aromatic nitrogens is 12. The fourth-order valence-electron chi connectivity index (χ4n) is 7.07. The lowest BCUT2D eigenvalue weighted by Crippen LogP contribution is -2.16. The number of fused-ring (bicyclic) bond motifs is 4. The van der Waals surface area contributed by atoms with Crippen molar-refractivity contribution in [2.75, 3.05) is 0 Å². The van der Waals surface area contributed by atoms with Gasteiger partial charge in [0, 0.05) is 43.0 Å². The van der Waals surface area contributed by atoms with Crippen LogP contribution in [0.4, 0.5) is 0 Å². The molecule has 0 spiro atoms. The molecule has 8 aromatic heterocycles. The summed E-state index contributed by atoms with van der Waals surface area (Å²) in [5, 5.41) is 10.5. The first kappa shape index (κ1) is 31.2. The first-order valence-corrected chi connectivity index (χ1v) is 17.9. The second kappa shape index (κ2) is 11.8. The van der Waals surface area contributed by atoms with Crippen LogP contribution in [-0.4, -0.2) is 57.8 Å². The Kier molecular flexibility index (Phi) is 6.71. The monoisotopic (exact) mass is 730 g/mol. The second-order valence-corrected chi connectivity index (χ2v) is 13.9. The van der Waals surface area contributed by atoms with Crippen molar-refractivity contribution in [3.05, 3.63) is 119 Å². The van der Waals surface area contributed by atoms with Gasteiger partial charge in [-0.2, -0.15) is 20.2 Å². The predicted molar refractivity (Wildman–Crippen MR) is 201 cm³/mol. The minimum absolute atomic E-state index is 0.0839. The second-order valence-electron chi connectivity index (χ2n) is 13.9. The Hall–Kier alpha value is -7.36. The molecular weight excluding hydrogens is 701 g/mol. The van der Waals surface area contributed by atoms with E-state index in [1.54, 1.807) is 19.6 Å². The third-order valence-electron chi connectivity index (χ3n) is 10.2. The lowest BCUT2D eigenvalue weighted by molar-refractivity contribution is 0.595. The molecule has 0 unspecified atom stereocenters. The molecule has 0 bridgehead atoms. The van der Waals surface area contributed by atoms with Crippen LogP contribution in [-0.2, 0) is 7.05 Å². The minimum Gasteiger partial charge on any atom is -0.432 e. The Morgan fingerprint density at radius 2 is 1.22 bits per heavy atom. The van der Waals surface area contributed by atoms with Crippen LogP contribution in [0, 0.1) is 0 Å². The molecule has 55 heavy (non-hydrogen) atoms. The number of aromatic amines is 1. The molecule has 270 valence electrons. The van der Waals surface area contributed by atoms with Crippen molar-refractivity contribution in [1.29, 1.82) is 0 Å². The zero-order chi connectivity index (χ0) is 36.8. The molecule has 2 aromatic carbocycles. The molecule has 2 aliphatic rings. The van der Waals surface area contributed by atoms with Gasteiger partial charge in [-0.05, 0) is 62.1 Å². The fourth-order valence-corrected chi connectivity index (χ4v) is 7.07. The van der Waals surface area contributed by atoms with Crippen LogP contribution in [0.15, 0.2) is 117 Å². The minimum atomic E-state index is -0.172. The van der Waals surface area contributed by atoms with E-state index in [9.17, 15) is 9.59 Å². The Bertz CT molecular complexity index is 3210. The topological polar surface area (TPSA) is 177 Å². The van der Waals surface area contributed by atoms with E-state index in [1.807, 2.05) is 91.5 Å². The summed E-state index contributed by atoms with van der Waals surface area (Å²) in [5.74, 6) is 0.978. The highest BCUT2D eigenvalue weighted by atomic mass is 16.3.